The van der Waals surface area contributed by atoms with Crippen molar-refractivity contribution in [1.82, 2.24) is 5.01 Å². The van der Waals surface area contributed by atoms with Crippen LogP contribution in [0.1, 0.15) is 21.5 Å². The molecular formula is C10H10N2O. The van der Waals surface area contributed by atoms with Gasteiger partial charge in [0.1, 0.15) is 0 Å². The SMILES string of the molecule is C=NN1Cc2cc(C)ccc2C1=O. The zero-order valence-electron chi connectivity index (χ0n) is 7.45. The van der Waals surface area contributed by atoms with E-state index in [0.29, 0.717) is 6.54 Å². The first kappa shape index (κ1) is 7.98. The predicted molar refractivity (Wildman–Crippen MR) is 50.6 cm³/mol. The molecule has 0 saturated carbocycles. The lowest BCUT2D eigenvalue weighted by Crippen LogP contribution is -2.16. The number of hydrogen-bond donors (Lipinski definition) is 0. The molecule has 0 fully saturated rings. The van der Waals surface area contributed by atoms with Crippen LogP contribution < -0.4 is 0 Å². The molecule has 0 N–H and O–H groups in total. The maximum absolute atomic E-state index is 11.5. The second-order valence-electron chi connectivity index (χ2n) is 3.16. The van der Waals surface area contributed by atoms with Crippen molar-refractivity contribution in [2.24, 2.45) is 5.10 Å². The molecule has 0 saturated heterocycles. The summed E-state index contributed by atoms with van der Waals surface area (Å²) in [4.78, 5) is 11.5. The van der Waals surface area contributed by atoms with Crippen molar-refractivity contribution in [3.05, 3.63) is 34.9 Å². The van der Waals surface area contributed by atoms with E-state index in [-0.39, 0.29) is 5.91 Å². The molecule has 0 atom stereocenters. The molecule has 0 unspecified atom stereocenters. The largest absolute Gasteiger partial charge is 0.274 e. The Morgan fingerprint density at radius 2 is 2.31 bits per heavy atom. The second kappa shape index (κ2) is 2.69. The summed E-state index contributed by atoms with van der Waals surface area (Å²) in [6.45, 7) is 5.92. The zero-order valence-corrected chi connectivity index (χ0v) is 7.45. The summed E-state index contributed by atoms with van der Waals surface area (Å²) in [7, 11) is 0. The Morgan fingerprint density at radius 1 is 1.54 bits per heavy atom. The highest BCUT2D eigenvalue weighted by molar-refractivity contribution is 5.98. The van der Waals surface area contributed by atoms with E-state index in [1.54, 1.807) is 0 Å². The number of benzene rings is 1. The molecule has 0 aromatic heterocycles. The van der Waals surface area contributed by atoms with Crippen LogP contribution in [0.5, 0.6) is 0 Å². The van der Waals surface area contributed by atoms with Gasteiger partial charge in [0.2, 0.25) is 0 Å². The van der Waals surface area contributed by atoms with Crippen molar-refractivity contribution in [3.8, 4) is 0 Å². The first-order chi connectivity index (χ1) is 6.22. The molecule has 13 heavy (non-hydrogen) atoms. The Balaban J connectivity index is 2.49. The summed E-state index contributed by atoms with van der Waals surface area (Å²) in [5, 5.41) is 5.03. The van der Waals surface area contributed by atoms with Gasteiger partial charge in [0.25, 0.3) is 5.91 Å². The Morgan fingerprint density at radius 3 is 3.00 bits per heavy atom. The Kier molecular flexibility index (Phi) is 1.65. The van der Waals surface area contributed by atoms with Gasteiger partial charge in [-0.15, -0.1) is 0 Å². The average molecular weight is 174 g/mol. The van der Waals surface area contributed by atoms with E-state index < -0.39 is 0 Å². The zero-order chi connectivity index (χ0) is 9.42. The minimum Gasteiger partial charge on any atom is -0.267 e. The molecule has 1 aromatic carbocycles. The van der Waals surface area contributed by atoms with Gasteiger partial charge < -0.3 is 0 Å². The number of nitrogens with zero attached hydrogens (tertiary/aromatic N) is 2. The smallest absolute Gasteiger partial charge is 0.267 e. The fourth-order valence-electron chi connectivity index (χ4n) is 1.55. The normalized spacial score (nSPS) is 14.5. The standard InChI is InChI=1S/C10H10N2O/c1-7-3-4-9-8(5-7)6-12(11-2)10(9)13/h3-5H,2,6H2,1H3. The third-order valence-corrected chi connectivity index (χ3v) is 2.22. The van der Waals surface area contributed by atoms with Crippen LogP contribution >= 0.6 is 0 Å². The van der Waals surface area contributed by atoms with Crippen LogP contribution in [0.3, 0.4) is 0 Å². The quantitative estimate of drug-likeness (QED) is 0.595. The van der Waals surface area contributed by atoms with Crippen molar-refractivity contribution >= 4 is 12.6 Å². The Hall–Kier alpha value is -1.64. The molecule has 0 radical (unpaired) electrons. The van der Waals surface area contributed by atoms with Gasteiger partial charge in [0.05, 0.1) is 6.54 Å². The predicted octanol–water partition coefficient (Wildman–Crippen LogP) is 1.57. The monoisotopic (exact) mass is 174 g/mol. The van der Waals surface area contributed by atoms with Gasteiger partial charge in [-0.1, -0.05) is 17.7 Å². The molecule has 1 aliphatic rings. The molecule has 3 nitrogen and oxygen atoms in total. The van der Waals surface area contributed by atoms with Crippen molar-refractivity contribution in [2.75, 3.05) is 0 Å². The van der Waals surface area contributed by atoms with Crippen molar-refractivity contribution < 1.29 is 4.79 Å². The number of carbonyl (C=O) groups is 1. The van der Waals surface area contributed by atoms with Crippen molar-refractivity contribution in [3.63, 3.8) is 0 Å². The van der Waals surface area contributed by atoms with E-state index in [0.717, 1.165) is 16.7 Å². The van der Waals surface area contributed by atoms with Crippen LogP contribution in [0.4, 0.5) is 0 Å². The fraction of sp³-hybridized carbons (Fsp3) is 0.200. The maximum Gasteiger partial charge on any atom is 0.274 e. The average Bonchev–Trinajstić information content (AvgIpc) is 2.42. The summed E-state index contributed by atoms with van der Waals surface area (Å²) < 4.78 is 0. The van der Waals surface area contributed by atoms with E-state index in [1.807, 2.05) is 25.1 Å². The first-order valence-electron chi connectivity index (χ1n) is 4.10. The molecular weight excluding hydrogens is 164 g/mol. The third-order valence-electron chi connectivity index (χ3n) is 2.22. The van der Waals surface area contributed by atoms with Crippen LogP contribution in [0, 0.1) is 6.92 Å². The van der Waals surface area contributed by atoms with Gasteiger partial charge >= 0.3 is 0 Å². The van der Waals surface area contributed by atoms with E-state index in [2.05, 4.69) is 11.8 Å². The van der Waals surface area contributed by atoms with Crippen molar-refractivity contribution in [2.45, 2.75) is 13.5 Å². The highest BCUT2D eigenvalue weighted by Gasteiger charge is 2.26. The minimum absolute atomic E-state index is 0.0509. The summed E-state index contributed by atoms with van der Waals surface area (Å²) in [5.74, 6) is -0.0509. The summed E-state index contributed by atoms with van der Waals surface area (Å²) in [6.07, 6.45) is 0. The number of fused-ring (bicyclic) bond motifs is 1. The van der Waals surface area contributed by atoms with Crippen LogP contribution in [-0.4, -0.2) is 17.6 Å². The number of rotatable bonds is 1. The molecule has 0 spiro atoms. The van der Waals surface area contributed by atoms with Gasteiger partial charge in [-0.2, -0.15) is 5.10 Å². The molecule has 66 valence electrons. The number of carbonyl (C=O) groups excluding carboxylic acids is 1. The minimum atomic E-state index is -0.0509. The van der Waals surface area contributed by atoms with Gasteiger partial charge in [-0.25, -0.2) is 5.01 Å². The Bertz CT molecular complexity index is 385. The lowest BCUT2D eigenvalue weighted by atomic mass is 10.1. The summed E-state index contributed by atoms with van der Waals surface area (Å²) >= 11 is 0. The topological polar surface area (TPSA) is 32.7 Å². The van der Waals surface area contributed by atoms with Crippen LogP contribution in [0.15, 0.2) is 23.3 Å². The molecule has 2 rings (SSSR count). The number of hydrazone groups is 1. The van der Waals surface area contributed by atoms with Gasteiger partial charge in [0.15, 0.2) is 0 Å². The lowest BCUT2D eigenvalue weighted by molar-refractivity contribution is 0.0785. The van der Waals surface area contributed by atoms with Crippen molar-refractivity contribution in [1.29, 1.82) is 0 Å². The number of hydrogen-bond acceptors (Lipinski definition) is 2. The number of amides is 1. The van der Waals surface area contributed by atoms with E-state index >= 15 is 0 Å². The van der Waals surface area contributed by atoms with Gasteiger partial charge in [-0.05, 0) is 18.6 Å². The molecule has 1 aromatic rings. The molecule has 1 heterocycles. The van der Waals surface area contributed by atoms with E-state index in [9.17, 15) is 4.79 Å². The van der Waals surface area contributed by atoms with Crippen LogP contribution in [-0.2, 0) is 6.54 Å². The number of aryl methyl sites for hydroxylation is 1. The third kappa shape index (κ3) is 1.13. The molecule has 0 bridgehead atoms. The Labute approximate surface area is 76.7 Å². The first-order valence-corrected chi connectivity index (χ1v) is 4.10. The van der Waals surface area contributed by atoms with E-state index in [4.69, 9.17) is 0 Å². The maximum atomic E-state index is 11.5. The molecule has 3 heteroatoms. The molecule has 0 aliphatic carbocycles. The molecule has 1 amide bonds. The lowest BCUT2D eigenvalue weighted by Gasteiger charge is -2.04. The van der Waals surface area contributed by atoms with Crippen LogP contribution in [0.2, 0.25) is 0 Å². The second-order valence-corrected chi connectivity index (χ2v) is 3.16. The van der Waals surface area contributed by atoms with Gasteiger partial charge in [-0.3, -0.25) is 4.79 Å². The highest BCUT2D eigenvalue weighted by atomic mass is 16.2. The summed E-state index contributed by atoms with van der Waals surface area (Å²) in [6, 6.07) is 5.79. The van der Waals surface area contributed by atoms with Gasteiger partial charge in [0, 0.05) is 12.3 Å². The highest BCUT2D eigenvalue weighted by Crippen LogP contribution is 2.23. The fourth-order valence-corrected chi connectivity index (χ4v) is 1.55. The molecule has 1 aliphatic heterocycles. The van der Waals surface area contributed by atoms with E-state index in [1.165, 1.54) is 5.01 Å². The van der Waals surface area contributed by atoms with Crippen LogP contribution in [0.25, 0.3) is 0 Å². The summed E-state index contributed by atoms with van der Waals surface area (Å²) in [5.41, 5.74) is 2.95.